The van der Waals surface area contributed by atoms with Gasteiger partial charge in [-0.1, -0.05) is 46.5 Å². The molecule has 1 heterocycles. The molecular weight excluding hydrogens is 272 g/mol. The van der Waals surface area contributed by atoms with E-state index in [1.54, 1.807) is 0 Å². The van der Waals surface area contributed by atoms with Crippen molar-refractivity contribution in [3.63, 3.8) is 0 Å². The molecule has 0 saturated carbocycles. The van der Waals surface area contributed by atoms with Gasteiger partial charge in [-0.2, -0.15) is 15.4 Å². The lowest BCUT2D eigenvalue weighted by molar-refractivity contribution is 0.635. The van der Waals surface area contributed by atoms with Crippen molar-refractivity contribution in [3.8, 4) is 0 Å². The van der Waals surface area contributed by atoms with Gasteiger partial charge in [0.15, 0.2) is 0 Å². The maximum Gasteiger partial charge on any atom is 0.118 e. The summed E-state index contributed by atoms with van der Waals surface area (Å²) in [6.45, 7) is 9.03. The number of hydrogen-bond acceptors (Lipinski definition) is 3. The number of nitrogens with zero attached hydrogens (tertiary/aromatic N) is 3. The van der Waals surface area contributed by atoms with Crippen molar-refractivity contribution in [2.75, 3.05) is 18.0 Å². The Balaban J connectivity index is 2.23. The Morgan fingerprint density at radius 2 is 1.59 bits per heavy atom. The largest absolute Gasteiger partial charge is 0.371 e. The molecule has 0 amide bonds. The van der Waals surface area contributed by atoms with E-state index in [1.807, 2.05) is 0 Å². The number of anilines is 1. The molecule has 4 nitrogen and oxygen atoms in total. The number of aromatic nitrogens is 3. The maximum absolute atomic E-state index is 4.36. The Morgan fingerprint density at radius 3 is 2.18 bits per heavy atom. The Morgan fingerprint density at radius 1 is 0.909 bits per heavy atom. The Hall–Kier alpha value is -1.58. The topological polar surface area (TPSA) is 44.8 Å². The normalized spacial score (nSPS) is 11.2. The van der Waals surface area contributed by atoms with Gasteiger partial charge in [0.05, 0.1) is 0 Å². The second-order valence-corrected chi connectivity index (χ2v) is 6.01. The molecule has 1 N–H and O–H groups in total. The van der Waals surface area contributed by atoms with E-state index < -0.39 is 0 Å². The number of aromatic amines is 1. The molecule has 0 fully saturated rings. The standard InChI is InChI=1S/C18H30N4/c1-4-7-9-13-22(14-10-8-5-2)17-12-11-16-18(15(17)6-3)20-21-19-16/h11-12H,4-10,13-14H2,1-3H3,(H,19,20,21). The van der Waals surface area contributed by atoms with E-state index in [0.29, 0.717) is 0 Å². The number of unbranched alkanes of at least 4 members (excludes halogenated alkanes) is 4. The summed E-state index contributed by atoms with van der Waals surface area (Å²) in [5.74, 6) is 0. The quantitative estimate of drug-likeness (QED) is 0.647. The van der Waals surface area contributed by atoms with Gasteiger partial charge >= 0.3 is 0 Å². The predicted molar refractivity (Wildman–Crippen MR) is 94.5 cm³/mol. The lowest BCUT2D eigenvalue weighted by Crippen LogP contribution is -2.26. The van der Waals surface area contributed by atoms with Crippen molar-refractivity contribution < 1.29 is 0 Å². The fourth-order valence-corrected chi connectivity index (χ4v) is 3.06. The predicted octanol–water partition coefficient (Wildman–Crippen LogP) is 4.71. The molecule has 0 atom stereocenters. The Labute approximate surface area is 134 Å². The smallest absolute Gasteiger partial charge is 0.118 e. The summed E-state index contributed by atoms with van der Waals surface area (Å²) < 4.78 is 0. The van der Waals surface area contributed by atoms with Gasteiger partial charge < -0.3 is 4.90 Å². The number of nitrogens with one attached hydrogen (secondary N) is 1. The first kappa shape index (κ1) is 16.8. The third kappa shape index (κ3) is 3.99. The summed E-state index contributed by atoms with van der Waals surface area (Å²) in [5.41, 5.74) is 4.70. The average Bonchev–Trinajstić information content (AvgIpc) is 3.01. The molecule has 0 unspecified atom stereocenters. The minimum absolute atomic E-state index is 0.975. The van der Waals surface area contributed by atoms with Gasteiger partial charge in [-0.15, -0.1) is 0 Å². The Bertz CT molecular complexity index is 551. The summed E-state index contributed by atoms with van der Waals surface area (Å²) in [7, 11) is 0. The summed E-state index contributed by atoms with van der Waals surface area (Å²) >= 11 is 0. The van der Waals surface area contributed by atoms with Gasteiger partial charge in [0, 0.05) is 24.3 Å². The third-order valence-corrected chi connectivity index (χ3v) is 4.33. The number of rotatable bonds is 10. The molecule has 122 valence electrons. The van der Waals surface area contributed by atoms with Crippen LogP contribution in [0.3, 0.4) is 0 Å². The van der Waals surface area contributed by atoms with E-state index in [1.165, 1.54) is 49.8 Å². The van der Waals surface area contributed by atoms with Crippen LogP contribution in [-0.2, 0) is 6.42 Å². The van der Waals surface area contributed by atoms with Crippen LogP contribution in [0.25, 0.3) is 11.0 Å². The van der Waals surface area contributed by atoms with E-state index >= 15 is 0 Å². The van der Waals surface area contributed by atoms with E-state index in [9.17, 15) is 0 Å². The molecule has 0 aliphatic rings. The van der Waals surface area contributed by atoms with Crippen molar-refractivity contribution >= 4 is 16.7 Å². The number of fused-ring (bicyclic) bond motifs is 1. The highest BCUT2D eigenvalue weighted by molar-refractivity contribution is 5.83. The van der Waals surface area contributed by atoms with E-state index in [4.69, 9.17) is 0 Å². The number of aryl methyl sites for hydroxylation is 1. The van der Waals surface area contributed by atoms with Gasteiger partial charge in [0.1, 0.15) is 11.0 Å². The monoisotopic (exact) mass is 302 g/mol. The van der Waals surface area contributed by atoms with Crippen LogP contribution in [0.1, 0.15) is 64.9 Å². The van der Waals surface area contributed by atoms with Crippen molar-refractivity contribution in [2.45, 2.75) is 65.7 Å². The first-order chi connectivity index (χ1) is 10.8. The fraction of sp³-hybridized carbons (Fsp3) is 0.667. The van der Waals surface area contributed by atoms with Crippen molar-refractivity contribution in [1.82, 2.24) is 15.4 Å². The molecule has 0 aliphatic heterocycles. The van der Waals surface area contributed by atoms with Gasteiger partial charge in [-0.3, -0.25) is 0 Å². The van der Waals surface area contributed by atoms with Crippen LogP contribution in [0.5, 0.6) is 0 Å². The van der Waals surface area contributed by atoms with Crippen molar-refractivity contribution in [2.24, 2.45) is 0 Å². The van der Waals surface area contributed by atoms with Gasteiger partial charge in [-0.05, 0) is 31.4 Å². The molecule has 0 radical (unpaired) electrons. The zero-order valence-corrected chi connectivity index (χ0v) is 14.4. The molecule has 0 bridgehead atoms. The van der Waals surface area contributed by atoms with Crippen molar-refractivity contribution in [3.05, 3.63) is 17.7 Å². The van der Waals surface area contributed by atoms with Crippen LogP contribution in [0.15, 0.2) is 12.1 Å². The molecule has 22 heavy (non-hydrogen) atoms. The summed E-state index contributed by atoms with van der Waals surface area (Å²) in [6, 6.07) is 4.33. The van der Waals surface area contributed by atoms with Gasteiger partial charge in [0.2, 0.25) is 0 Å². The van der Waals surface area contributed by atoms with Crippen LogP contribution in [0, 0.1) is 0 Å². The van der Waals surface area contributed by atoms with Crippen LogP contribution in [0.2, 0.25) is 0 Å². The average molecular weight is 302 g/mol. The molecular formula is C18H30N4. The number of H-pyrrole nitrogens is 1. The summed E-state index contributed by atoms with van der Waals surface area (Å²) in [4.78, 5) is 2.57. The molecule has 2 aromatic rings. The molecule has 0 spiro atoms. The molecule has 0 aliphatic carbocycles. The molecule has 4 heteroatoms. The second-order valence-electron chi connectivity index (χ2n) is 6.01. The zero-order valence-electron chi connectivity index (χ0n) is 14.4. The third-order valence-electron chi connectivity index (χ3n) is 4.33. The summed E-state index contributed by atoms with van der Waals surface area (Å²) in [5, 5.41) is 11.4. The van der Waals surface area contributed by atoms with Crippen molar-refractivity contribution in [1.29, 1.82) is 0 Å². The van der Waals surface area contributed by atoms with E-state index in [2.05, 4.69) is 53.2 Å². The molecule has 0 saturated heterocycles. The zero-order chi connectivity index (χ0) is 15.8. The van der Waals surface area contributed by atoms with Gasteiger partial charge in [0.25, 0.3) is 0 Å². The number of benzene rings is 1. The van der Waals surface area contributed by atoms with Crippen LogP contribution < -0.4 is 4.90 Å². The highest BCUT2D eigenvalue weighted by Gasteiger charge is 2.14. The fourth-order valence-electron chi connectivity index (χ4n) is 3.06. The van der Waals surface area contributed by atoms with Crippen LogP contribution >= 0.6 is 0 Å². The van der Waals surface area contributed by atoms with Gasteiger partial charge in [-0.25, -0.2) is 0 Å². The lowest BCUT2D eigenvalue weighted by Gasteiger charge is -2.27. The molecule has 1 aromatic carbocycles. The highest BCUT2D eigenvalue weighted by Crippen LogP contribution is 2.28. The SMILES string of the molecule is CCCCCN(CCCCC)c1ccc2n[nH]nc2c1CC. The van der Waals surface area contributed by atoms with Crippen LogP contribution in [0.4, 0.5) is 5.69 Å². The first-order valence-electron chi connectivity index (χ1n) is 8.89. The lowest BCUT2D eigenvalue weighted by atomic mass is 10.1. The summed E-state index contributed by atoms with van der Waals surface area (Å²) in [6.07, 6.45) is 8.68. The Kier molecular flexibility index (Phi) is 6.69. The minimum Gasteiger partial charge on any atom is -0.371 e. The van der Waals surface area contributed by atoms with Crippen LogP contribution in [-0.4, -0.2) is 28.5 Å². The minimum atomic E-state index is 0.975. The van der Waals surface area contributed by atoms with E-state index in [0.717, 1.165) is 30.5 Å². The second kappa shape index (κ2) is 8.76. The maximum atomic E-state index is 4.36. The number of hydrogen-bond donors (Lipinski definition) is 1. The molecule has 2 rings (SSSR count). The van der Waals surface area contributed by atoms with E-state index in [-0.39, 0.29) is 0 Å². The highest BCUT2D eigenvalue weighted by atomic mass is 15.3. The molecule has 1 aromatic heterocycles. The first-order valence-corrected chi connectivity index (χ1v) is 8.89.